The van der Waals surface area contributed by atoms with Gasteiger partial charge in [-0.2, -0.15) is 5.10 Å². The van der Waals surface area contributed by atoms with Crippen LogP contribution in [0.4, 0.5) is 0 Å². The highest BCUT2D eigenvalue weighted by Crippen LogP contribution is 2.21. The van der Waals surface area contributed by atoms with Crippen LogP contribution in [0.25, 0.3) is 10.9 Å². The molecule has 2 aromatic rings. The largest absolute Gasteiger partial charge is 0.481 e. The highest BCUT2D eigenvalue weighted by atomic mass is 16.5. The molecule has 0 radical (unpaired) electrons. The summed E-state index contributed by atoms with van der Waals surface area (Å²) in [5.41, 5.74) is 2.08. The van der Waals surface area contributed by atoms with Crippen molar-refractivity contribution in [2.75, 3.05) is 19.8 Å². The van der Waals surface area contributed by atoms with E-state index in [0.717, 1.165) is 23.1 Å². The van der Waals surface area contributed by atoms with Crippen molar-refractivity contribution in [2.45, 2.75) is 19.0 Å². The lowest BCUT2D eigenvalue weighted by Crippen LogP contribution is -2.46. The highest BCUT2D eigenvalue weighted by Gasteiger charge is 2.26. The molecule has 1 aliphatic heterocycles. The second kappa shape index (κ2) is 5.83. The minimum absolute atomic E-state index is 0.0861. The number of nitrogens with zero attached hydrogens (tertiary/aromatic N) is 3. The standard InChI is InChI=1S/C15H19N3O3/c1-17-14-5-3-2-4-12(14)13(16-17)9-18-6-7-21-10-11(18)8-15(19)20/h2-5,11H,6-10H2,1H3,(H,19,20). The van der Waals surface area contributed by atoms with Gasteiger partial charge in [0.2, 0.25) is 0 Å². The molecule has 1 fully saturated rings. The SMILES string of the molecule is Cn1nc(CN2CCOCC2CC(=O)O)c2ccccc21. The van der Waals surface area contributed by atoms with E-state index >= 15 is 0 Å². The van der Waals surface area contributed by atoms with E-state index in [1.807, 2.05) is 29.9 Å². The Morgan fingerprint density at radius 2 is 2.29 bits per heavy atom. The lowest BCUT2D eigenvalue weighted by Gasteiger charge is -2.34. The molecule has 1 atom stereocenters. The Labute approximate surface area is 122 Å². The number of carboxylic acid groups (broad SMARTS) is 1. The summed E-state index contributed by atoms with van der Waals surface area (Å²) in [6, 6.07) is 8.01. The lowest BCUT2D eigenvalue weighted by molar-refractivity contribution is -0.140. The third-order valence-electron chi connectivity index (χ3n) is 3.95. The van der Waals surface area contributed by atoms with Crippen molar-refractivity contribution < 1.29 is 14.6 Å². The van der Waals surface area contributed by atoms with Crippen LogP contribution in [0.1, 0.15) is 12.1 Å². The van der Waals surface area contributed by atoms with Gasteiger partial charge < -0.3 is 9.84 Å². The molecule has 1 aromatic heterocycles. The number of carbonyl (C=O) groups is 1. The summed E-state index contributed by atoms with van der Waals surface area (Å²) in [5, 5.41) is 14.7. The molecule has 21 heavy (non-hydrogen) atoms. The number of fused-ring (bicyclic) bond motifs is 1. The van der Waals surface area contributed by atoms with Crippen LogP contribution in [0.5, 0.6) is 0 Å². The van der Waals surface area contributed by atoms with E-state index in [1.54, 1.807) is 0 Å². The summed E-state index contributed by atoms with van der Waals surface area (Å²) in [7, 11) is 1.93. The normalized spacial score (nSPS) is 20.0. The third-order valence-corrected chi connectivity index (χ3v) is 3.95. The fourth-order valence-electron chi connectivity index (χ4n) is 2.88. The van der Waals surface area contributed by atoms with E-state index in [4.69, 9.17) is 9.84 Å². The van der Waals surface area contributed by atoms with Crippen LogP contribution in [0, 0.1) is 0 Å². The molecule has 3 rings (SSSR count). The van der Waals surface area contributed by atoms with Gasteiger partial charge in [0, 0.05) is 31.6 Å². The number of carboxylic acids is 1. The van der Waals surface area contributed by atoms with Crippen molar-refractivity contribution in [1.82, 2.24) is 14.7 Å². The fraction of sp³-hybridized carbons (Fsp3) is 0.467. The van der Waals surface area contributed by atoms with E-state index in [1.165, 1.54) is 0 Å². The number of aryl methyl sites for hydroxylation is 1. The molecule has 0 bridgehead atoms. The maximum atomic E-state index is 11.0. The van der Waals surface area contributed by atoms with Crippen LogP contribution in [0.2, 0.25) is 0 Å². The van der Waals surface area contributed by atoms with Crippen LogP contribution in [0.3, 0.4) is 0 Å². The molecule has 0 aliphatic carbocycles. The quantitative estimate of drug-likeness (QED) is 0.917. The molecule has 1 unspecified atom stereocenters. The maximum Gasteiger partial charge on any atom is 0.305 e. The van der Waals surface area contributed by atoms with Crippen molar-refractivity contribution in [1.29, 1.82) is 0 Å². The van der Waals surface area contributed by atoms with Crippen molar-refractivity contribution >= 4 is 16.9 Å². The summed E-state index contributed by atoms with van der Waals surface area (Å²) in [6.45, 7) is 2.50. The van der Waals surface area contributed by atoms with Gasteiger partial charge in [-0.05, 0) is 6.07 Å². The maximum absolute atomic E-state index is 11.0. The molecule has 6 nitrogen and oxygen atoms in total. The number of benzene rings is 1. The third kappa shape index (κ3) is 2.91. The summed E-state index contributed by atoms with van der Waals surface area (Å²) >= 11 is 0. The average molecular weight is 289 g/mol. The smallest absolute Gasteiger partial charge is 0.305 e. The van der Waals surface area contributed by atoms with Gasteiger partial charge in [-0.1, -0.05) is 18.2 Å². The van der Waals surface area contributed by atoms with Gasteiger partial charge in [0.1, 0.15) is 0 Å². The zero-order valence-electron chi connectivity index (χ0n) is 12.0. The topological polar surface area (TPSA) is 67.6 Å². The molecule has 1 N–H and O–H groups in total. The zero-order chi connectivity index (χ0) is 14.8. The number of para-hydroxylation sites is 1. The Morgan fingerprint density at radius 1 is 1.48 bits per heavy atom. The second-order valence-corrected chi connectivity index (χ2v) is 5.38. The number of aliphatic carboxylic acids is 1. The van der Waals surface area contributed by atoms with Crippen LogP contribution in [0.15, 0.2) is 24.3 Å². The molecule has 0 saturated carbocycles. The average Bonchev–Trinajstić information content (AvgIpc) is 2.78. The predicted molar refractivity (Wildman–Crippen MR) is 78.0 cm³/mol. The molecule has 2 heterocycles. The molecular formula is C15H19N3O3. The van der Waals surface area contributed by atoms with Gasteiger partial charge in [0.15, 0.2) is 0 Å². The Morgan fingerprint density at radius 3 is 3.10 bits per heavy atom. The van der Waals surface area contributed by atoms with Crippen LogP contribution < -0.4 is 0 Å². The number of ether oxygens (including phenoxy) is 1. The summed E-state index contributed by atoms with van der Waals surface area (Å²) < 4.78 is 7.29. The molecule has 112 valence electrons. The summed E-state index contributed by atoms with van der Waals surface area (Å²) in [6.07, 6.45) is 0.102. The van der Waals surface area contributed by atoms with Gasteiger partial charge in [0.05, 0.1) is 30.8 Å². The Balaban J connectivity index is 1.84. The molecule has 1 aromatic carbocycles. The first kappa shape index (κ1) is 14.0. The number of aromatic nitrogens is 2. The minimum atomic E-state index is -0.790. The molecule has 0 spiro atoms. The molecule has 1 aliphatic rings. The van der Waals surface area contributed by atoms with Crippen LogP contribution in [-0.2, 0) is 23.1 Å². The van der Waals surface area contributed by atoms with Crippen molar-refractivity contribution in [3.63, 3.8) is 0 Å². The summed E-state index contributed by atoms with van der Waals surface area (Å²) in [5.74, 6) is -0.790. The Kier molecular flexibility index (Phi) is 3.90. The van der Waals surface area contributed by atoms with Gasteiger partial charge in [-0.3, -0.25) is 14.4 Å². The Bertz CT molecular complexity index is 653. The van der Waals surface area contributed by atoms with E-state index in [0.29, 0.717) is 19.8 Å². The highest BCUT2D eigenvalue weighted by molar-refractivity contribution is 5.81. The first-order valence-electron chi connectivity index (χ1n) is 7.09. The molecular weight excluding hydrogens is 270 g/mol. The molecule has 0 amide bonds. The minimum Gasteiger partial charge on any atom is -0.481 e. The fourth-order valence-corrected chi connectivity index (χ4v) is 2.88. The molecule has 1 saturated heterocycles. The van der Waals surface area contributed by atoms with E-state index < -0.39 is 5.97 Å². The number of hydrogen-bond acceptors (Lipinski definition) is 4. The number of rotatable bonds is 4. The second-order valence-electron chi connectivity index (χ2n) is 5.38. The first-order valence-corrected chi connectivity index (χ1v) is 7.09. The molecule has 6 heteroatoms. The zero-order valence-corrected chi connectivity index (χ0v) is 12.0. The van der Waals surface area contributed by atoms with E-state index in [-0.39, 0.29) is 12.5 Å². The number of hydrogen-bond donors (Lipinski definition) is 1. The lowest BCUT2D eigenvalue weighted by atomic mass is 10.1. The predicted octanol–water partition coefficient (Wildman–Crippen LogP) is 1.25. The van der Waals surface area contributed by atoms with E-state index in [2.05, 4.69) is 16.1 Å². The number of morpholine rings is 1. The van der Waals surface area contributed by atoms with Gasteiger partial charge in [-0.15, -0.1) is 0 Å². The van der Waals surface area contributed by atoms with Crippen molar-refractivity contribution in [2.24, 2.45) is 7.05 Å². The van der Waals surface area contributed by atoms with Crippen LogP contribution >= 0.6 is 0 Å². The van der Waals surface area contributed by atoms with Gasteiger partial charge >= 0.3 is 5.97 Å². The van der Waals surface area contributed by atoms with Gasteiger partial charge in [-0.25, -0.2) is 0 Å². The van der Waals surface area contributed by atoms with Gasteiger partial charge in [0.25, 0.3) is 0 Å². The van der Waals surface area contributed by atoms with Crippen molar-refractivity contribution in [3.05, 3.63) is 30.0 Å². The summed E-state index contributed by atoms with van der Waals surface area (Å²) in [4.78, 5) is 13.1. The van der Waals surface area contributed by atoms with Crippen LogP contribution in [-0.4, -0.2) is 51.6 Å². The monoisotopic (exact) mass is 289 g/mol. The van der Waals surface area contributed by atoms with E-state index in [9.17, 15) is 4.79 Å². The first-order chi connectivity index (χ1) is 10.1. The Hall–Kier alpha value is -1.92. The van der Waals surface area contributed by atoms with Crippen molar-refractivity contribution in [3.8, 4) is 0 Å².